The zero-order valence-electron chi connectivity index (χ0n) is 13.9. The first-order valence-corrected chi connectivity index (χ1v) is 10.0. The number of morpholine rings is 1. The number of aryl methyl sites for hydroxylation is 1. The van der Waals surface area contributed by atoms with Crippen LogP contribution in [0.3, 0.4) is 0 Å². The number of benzene rings is 1. The van der Waals surface area contributed by atoms with Crippen LogP contribution in [0.1, 0.15) is 15.4 Å². The zero-order chi connectivity index (χ0) is 18.7. The second-order valence-electron chi connectivity index (χ2n) is 5.52. The molecule has 0 saturated carbocycles. The van der Waals surface area contributed by atoms with Gasteiger partial charge in [0.05, 0.1) is 23.8 Å². The second-order valence-corrected chi connectivity index (χ2v) is 8.18. The highest BCUT2D eigenvalue weighted by atomic mass is 32.2. The number of hydrogen-bond donors (Lipinski definition) is 2. The number of carbonyl (C=O) groups is 1. The lowest BCUT2D eigenvalue weighted by atomic mass is 10.4. The minimum atomic E-state index is -4.00. The van der Waals surface area contributed by atoms with Crippen LogP contribution in [0.4, 0.5) is 9.52 Å². The van der Waals surface area contributed by atoms with Crippen molar-refractivity contribution in [3.63, 3.8) is 0 Å². The van der Waals surface area contributed by atoms with E-state index in [0.717, 1.165) is 24.3 Å². The van der Waals surface area contributed by atoms with Gasteiger partial charge in [0, 0.05) is 13.1 Å². The lowest BCUT2D eigenvalue weighted by Crippen LogP contribution is -2.41. The molecule has 1 fully saturated rings. The van der Waals surface area contributed by atoms with Crippen LogP contribution in [0.5, 0.6) is 0 Å². The molecule has 0 unspecified atom stereocenters. The average Bonchev–Trinajstić information content (AvgIpc) is 3.03. The molecular weight excluding hydrogens is 383 g/mol. The summed E-state index contributed by atoms with van der Waals surface area (Å²) in [4.78, 5) is 20.9. The number of ether oxygens (including phenoxy) is 1. The van der Waals surface area contributed by atoms with Crippen LogP contribution in [0.2, 0.25) is 0 Å². The van der Waals surface area contributed by atoms with Gasteiger partial charge in [0.2, 0.25) is 0 Å². The Hall–Kier alpha value is -2.08. The van der Waals surface area contributed by atoms with Gasteiger partial charge in [0.1, 0.15) is 10.7 Å². The molecule has 140 valence electrons. The van der Waals surface area contributed by atoms with Gasteiger partial charge in [-0.3, -0.25) is 10.2 Å². The summed E-state index contributed by atoms with van der Waals surface area (Å²) in [6, 6.07) is 4.27. The maximum Gasteiger partial charge on any atom is 0.278 e. The number of carbonyl (C=O) groups excluding carboxylic acids is 1. The van der Waals surface area contributed by atoms with E-state index in [1.54, 1.807) is 6.92 Å². The third kappa shape index (κ3) is 4.18. The van der Waals surface area contributed by atoms with Crippen molar-refractivity contribution < 1.29 is 22.3 Å². The Morgan fingerprint density at radius 1 is 1.27 bits per heavy atom. The van der Waals surface area contributed by atoms with Crippen LogP contribution >= 0.6 is 11.3 Å². The minimum Gasteiger partial charge on any atom is -0.378 e. The van der Waals surface area contributed by atoms with Gasteiger partial charge in [-0.15, -0.1) is 4.83 Å². The molecule has 3 rings (SSSR count). The first-order valence-electron chi connectivity index (χ1n) is 7.74. The van der Waals surface area contributed by atoms with Crippen molar-refractivity contribution in [2.75, 3.05) is 31.2 Å². The fraction of sp³-hybridized carbons (Fsp3) is 0.333. The molecule has 1 aliphatic heterocycles. The standard InChI is InChI=1S/C15H17FN4O4S2/c1-10-13(25-15(17-10)20-6-8-24-9-7-20)14(21)18-19-26(22,23)12-4-2-11(16)3-5-12/h2-5,19H,6-9H2,1H3,(H,18,21). The summed E-state index contributed by atoms with van der Waals surface area (Å²) in [6.07, 6.45) is 0. The fourth-order valence-electron chi connectivity index (χ4n) is 2.33. The van der Waals surface area contributed by atoms with Gasteiger partial charge in [-0.2, -0.15) is 0 Å². The molecule has 0 spiro atoms. The van der Waals surface area contributed by atoms with Crippen molar-refractivity contribution >= 4 is 32.4 Å². The molecule has 1 aromatic carbocycles. The first kappa shape index (κ1) is 18.7. The van der Waals surface area contributed by atoms with Crippen LogP contribution in [0.15, 0.2) is 29.2 Å². The fourth-order valence-corrected chi connectivity index (χ4v) is 4.18. The van der Waals surface area contributed by atoms with Gasteiger partial charge in [-0.1, -0.05) is 11.3 Å². The van der Waals surface area contributed by atoms with Gasteiger partial charge in [0.25, 0.3) is 15.9 Å². The predicted molar refractivity (Wildman–Crippen MR) is 94.1 cm³/mol. The molecule has 0 radical (unpaired) electrons. The largest absolute Gasteiger partial charge is 0.378 e. The van der Waals surface area contributed by atoms with E-state index in [0.29, 0.717) is 42.0 Å². The van der Waals surface area contributed by atoms with Gasteiger partial charge in [0.15, 0.2) is 5.13 Å². The molecule has 11 heteroatoms. The number of rotatable bonds is 5. The number of aromatic nitrogens is 1. The molecule has 0 atom stereocenters. The van der Waals surface area contributed by atoms with E-state index in [9.17, 15) is 17.6 Å². The quantitative estimate of drug-likeness (QED) is 0.728. The van der Waals surface area contributed by atoms with E-state index < -0.39 is 21.7 Å². The number of amides is 1. The molecule has 1 saturated heterocycles. The number of nitrogens with one attached hydrogen (secondary N) is 2. The summed E-state index contributed by atoms with van der Waals surface area (Å²) in [6.45, 7) is 4.25. The van der Waals surface area contributed by atoms with E-state index in [-0.39, 0.29) is 4.90 Å². The second kappa shape index (κ2) is 7.66. The molecule has 0 bridgehead atoms. The average molecular weight is 400 g/mol. The zero-order valence-corrected chi connectivity index (χ0v) is 15.5. The van der Waals surface area contributed by atoms with Crippen LogP contribution in [-0.4, -0.2) is 45.6 Å². The lowest BCUT2D eigenvalue weighted by molar-refractivity contribution is 0.0948. The summed E-state index contributed by atoms with van der Waals surface area (Å²) in [5.74, 6) is -1.16. The first-order chi connectivity index (χ1) is 12.4. The molecule has 1 amide bonds. The molecule has 2 N–H and O–H groups in total. The summed E-state index contributed by atoms with van der Waals surface area (Å²) in [7, 11) is -4.00. The molecule has 8 nitrogen and oxygen atoms in total. The normalized spacial score (nSPS) is 15.1. The van der Waals surface area contributed by atoms with Crippen LogP contribution < -0.4 is 15.2 Å². The number of hydrogen-bond acceptors (Lipinski definition) is 7. The molecule has 2 aromatic rings. The molecule has 0 aliphatic carbocycles. The Labute approximate surface area is 154 Å². The van der Waals surface area contributed by atoms with Crippen LogP contribution in [0, 0.1) is 12.7 Å². The van der Waals surface area contributed by atoms with Crippen molar-refractivity contribution in [2.24, 2.45) is 0 Å². The van der Waals surface area contributed by atoms with E-state index in [1.807, 2.05) is 9.73 Å². The molecule has 1 aliphatic rings. The number of hydrazine groups is 1. The Bertz CT molecular complexity index is 893. The monoisotopic (exact) mass is 400 g/mol. The van der Waals surface area contributed by atoms with E-state index in [4.69, 9.17) is 4.74 Å². The third-order valence-electron chi connectivity index (χ3n) is 3.70. The maximum atomic E-state index is 12.9. The van der Waals surface area contributed by atoms with Gasteiger partial charge in [-0.25, -0.2) is 17.8 Å². The van der Waals surface area contributed by atoms with Gasteiger partial charge in [-0.05, 0) is 31.2 Å². The van der Waals surface area contributed by atoms with Crippen LogP contribution in [0.25, 0.3) is 0 Å². The Balaban J connectivity index is 1.68. The number of thiazole rings is 1. The van der Waals surface area contributed by atoms with Crippen molar-refractivity contribution in [1.29, 1.82) is 0 Å². The molecule has 2 heterocycles. The van der Waals surface area contributed by atoms with Gasteiger partial charge < -0.3 is 9.64 Å². The summed E-state index contributed by atoms with van der Waals surface area (Å²) < 4.78 is 42.5. The minimum absolute atomic E-state index is 0.158. The van der Waals surface area contributed by atoms with Gasteiger partial charge >= 0.3 is 0 Å². The third-order valence-corrected chi connectivity index (χ3v) is 6.18. The molecule has 1 aromatic heterocycles. The Kier molecular flexibility index (Phi) is 5.51. The highest BCUT2D eigenvalue weighted by Crippen LogP contribution is 2.26. The SMILES string of the molecule is Cc1nc(N2CCOCC2)sc1C(=O)NNS(=O)(=O)c1ccc(F)cc1. The molecule has 26 heavy (non-hydrogen) atoms. The number of halogens is 1. The number of sulfonamides is 1. The summed E-state index contributed by atoms with van der Waals surface area (Å²) in [5.41, 5.74) is 2.68. The highest BCUT2D eigenvalue weighted by molar-refractivity contribution is 7.89. The van der Waals surface area contributed by atoms with Crippen molar-refractivity contribution in [3.05, 3.63) is 40.7 Å². The highest BCUT2D eigenvalue weighted by Gasteiger charge is 2.22. The molecular formula is C15H17FN4O4S2. The van der Waals surface area contributed by atoms with Crippen molar-refractivity contribution in [3.8, 4) is 0 Å². The number of anilines is 1. The number of nitrogens with zero attached hydrogens (tertiary/aromatic N) is 2. The lowest BCUT2D eigenvalue weighted by Gasteiger charge is -2.25. The van der Waals surface area contributed by atoms with E-state index >= 15 is 0 Å². The van der Waals surface area contributed by atoms with Crippen molar-refractivity contribution in [2.45, 2.75) is 11.8 Å². The predicted octanol–water partition coefficient (Wildman–Crippen LogP) is 1.05. The van der Waals surface area contributed by atoms with Crippen LogP contribution in [-0.2, 0) is 14.8 Å². The van der Waals surface area contributed by atoms with Crippen molar-refractivity contribution in [1.82, 2.24) is 15.2 Å². The maximum absolute atomic E-state index is 12.9. The summed E-state index contributed by atoms with van der Waals surface area (Å²) in [5, 5.41) is 0.692. The Morgan fingerprint density at radius 3 is 2.58 bits per heavy atom. The van der Waals surface area contributed by atoms with E-state index in [1.165, 1.54) is 11.3 Å². The Morgan fingerprint density at radius 2 is 1.92 bits per heavy atom. The van der Waals surface area contributed by atoms with E-state index in [2.05, 4.69) is 10.4 Å². The smallest absolute Gasteiger partial charge is 0.278 e. The summed E-state index contributed by atoms with van der Waals surface area (Å²) >= 11 is 1.19. The topological polar surface area (TPSA) is 101 Å².